The standard InChI is InChI=1S/C13H20N4O2S.HI/c1-20(18,19)12-7-4-8-15-11(12)9-16-13(14)17-10-5-2-3-6-10;/h4,7-8,10H,2-3,5-6,9H2,1H3,(H3,14,16,17);1H. The molecular formula is C13H21IN4O2S. The average molecular weight is 424 g/mol. The summed E-state index contributed by atoms with van der Waals surface area (Å²) >= 11 is 0. The van der Waals surface area contributed by atoms with Crippen LogP contribution in [-0.4, -0.2) is 31.7 Å². The van der Waals surface area contributed by atoms with Gasteiger partial charge in [-0.2, -0.15) is 0 Å². The summed E-state index contributed by atoms with van der Waals surface area (Å²) in [6.45, 7) is 0.162. The van der Waals surface area contributed by atoms with E-state index >= 15 is 0 Å². The van der Waals surface area contributed by atoms with E-state index in [2.05, 4.69) is 15.3 Å². The van der Waals surface area contributed by atoms with Crippen molar-refractivity contribution in [2.75, 3.05) is 6.26 Å². The molecule has 0 aromatic carbocycles. The molecule has 0 atom stereocenters. The maximum atomic E-state index is 11.6. The van der Waals surface area contributed by atoms with Gasteiger partial charge in [0.1, 0.15) is 0 Å². The molecule has 1 aliphatic carbocycles. The molecule has 0 aliphatic heterocycles. The number of nitrogens with zero attached hydrogens (tertiary/aromatic N) is 2. The van der Waals surface area contributed by atoms with Crippen molar-refractivity contribution in [2.24, 2.45) is 10.7 Å². The molecule has 1 heterocycles. The Bertz CT molecular complexity index is 598. The van der Waals surface area contributed by atoms with Crippen molar-refractivity contribution in [1.29, 1.82) is 0 Å². The minimum Gasteiger partial charge on any atom is -0.370 e. The van der Waals surface area contributed by atoms with Crippen molar-refractivity contribution in [3.05, 3.63) is 24.0 Å². The number of aliphatic imine (C=N–C) groups is 1. The van der Waals surface area contributed by atoms with Gasteiger partial charge in [0.15, 0.2) is 15.8 Å². The summed E-state index contributed by atoms with van der Waals surface area (Å²) in [5, 5.41) is 3.16. The lowest BCUT2D eigenvalue weighted by Crippen LogP contribution is -2.38. The first-order chi connectivity index (χ1) is 9.47. The van der Waals surface area contributed by atoms with E-state index in [1.54, 1.807) is 12.3 Å². The van der Waals surface area contributed by atoms with E-state index in [0.29, 0.717) is 17.7 Å². The molecular weight excluding hydrogens is 403 g/mol. The highest BCUT2D eigenvalue weighted by atomic mass is 127. The van der Waals surface area contributed by atoms with Crippen LogP contribution in [0.4, 0.5) is 0 Å². The van der Waals surface area contributed by atoms with Gasteiger partial charge >= 0.3 is 0 Å². The van der Waals surface area contributed by atoms with E-state index in [9.17, 15) is 8.42 Å². The minimum absolute atomic E-state index is 0. The lowest BCUT2D eigenvalue weighted by Gasteiger charge is -2.12. The monoisotopic (exact) mass is 424 g/mol. The van der Waals surface area contributed by atoms with Crippen LogP contribution < -0.4 is 11.1 Å². The second-order valence-corrected chi connectivity index (χ2v) is 7.03. The van der Waals surface area contributed by atoms with Crippen molar-refractivity contribution in [2.45, 2.75) is 43.2 Å². The number of hydrogen-bond donors (Lipinski definition) is 2. The lowest BCUT2D eigenvalue weighted by atomic mass is 10.2. The third-order valence-corrected chi connectivity index (χ3v) is 4.52. The molecule has 0 saturated heterocycles. The largest absolute Gasteiger partial charge is 0.370 e. The Morgan fingerprint density at radius 3 is 2.76 bits per heavy atom. The summed E-state index contributed by atoms with van der Waals surface area (Å²) in [6.07, 6.45) is 7.35. The zero-order chi connectivity index (χ0) is 14.6. The van der Waals surface area contributed by atoms with Gasteiger partial charge in [0, 0.05) is 18.5 Å². The normalized spacial score (nSPS) is 16.5. The Morgan fingerprint density at radius 2 is 2.14 bits per heavy atom. The Hall–Kier alpha value is -0.900. The van der Waals surface area contributed by atoms with Crippen LogP contribution in [0.3, 0.4) is 0 Å². The predicted molar refractivity (Wildman–Crippen MR) is 93.5 cm³/mol. The number of nitrogens with one attached hydrogen (secondary N) is 1. The van der Waals surface area contributed by atoms with Gasteiger partial charge < -0.3 is 11.1 Å². The van der Waals surface area contributed by atoms with Gasteiger partial charge in [0.2, 0.25) is 0 Å². The zero-order valence-electron chi connectivity index (χ0n) is 11.9. The summed E-state index contributed by atoms with van der Waals surface area (Å²) in [5.74, 6) is 0.349. The third kappa shape index (κ3) is 5.42. The second kappa shape index (κ2) is 7.92. The summed E-state index contributed by atoms with van der Waals surface area (Å²) in [4.78, 5) is 8.47. The van der Waals surface area contributed by atoms with Crippen molar-refractivity contribution in [1.82, 2.24) is 10.3 Å². The molecule has 0 amide bonds. The number of guanidine groups is 1. The van der Waals surface area contributed by atoms with Gasteiger partial charge in [-0.15, -0.1) is 24.0 Å². The third-order valence-electron chi connectivity index (χ3n) is 3.35. The van der Waals surface area contributed by atoms with Crippen LogP contribution in [0.25, 0.3) is 0 Å². The molecule has 2 rings (SSSR count). The maximum Gasteiger partial charge on any atom is 0.189 e. The number of hydrogen-bond acceptors (Lipinski definition) is 4. The minimum atomic E-state index is -3.30. The van der Waals surface area contributed by atoms with Crippen molar-refractivity contribution >= 4 is 39.8 Å². The number of pyridine rings is 1. The fourth-order valence-electron chi connectivity index (χ4n) is 2.36. The summed E-state index contributed by atoms with van der Waals surface area (Å²) < 4.78 is 23.3. The van der Waals surface area contributed by atoms with E-state index in [4.69, 9.17) is 5.73 Å². The van der Waals surface area contributed by atoms with E-state index in [1.165, 1.54) is 18.9 Å². The first kappa shape index (κ1) is 18.1. The quantitative estimate of drug-likeness (QED) is 0.433. The summed E-state index contributed by atoms with van der Waals surface area (Å²) in [7, 11) is -3.30. The molecule has 3 N–H and O–H groups in total. The van der Waals surface area contributed by atoms with Gasteiger partial charge in [-0.05, 0) is 25.0 Å². The Kier molecular flexibility index (Phi) is 6.85. The molecule has 1 aliphatic rings. The fourth-order valence-corrected chi connectivity index (χ4v) is 3.24. The average Bonchev–Trinajstić information content (AvgIpc) is 2.88. The maximum absolute atomic E-state index is 11.6. The molecule has 1 aromatic rings. The van der Waals surface area contributed by atoms with E-state index in [-0.39, 0.29) is 35.4 Å². The summed E-state index contributed by atoms with van der Waals surface area (Å²) in [5.41, 5.74) is 6.24. The first-order valence-corrected chi connectivity index (χ1v) is 8.56. The van der Waals surface area contributed by atoms with Crippen molar-refractivity contribution in [3.63, 3.8) is 0 Å². The molecule has 21 heavy (non-hydrogen) atoms. The summed E-state index contributed by atoms with van der Waals surface area (Å²) in [6, 6.07) is 3.52. The van der Waals surface area contributed by atoms with Gasteiger partial charge in [0.25, 0.3) is 0 Å². The highest BCUT2D eigenvalue weighted by Gasteiger charge is 2.16. The number of aromatic nitrogens is 1. The molecule has 1 saturated carbocycles. The topological polar surface area (TPSA) is 97.4 Å². The second-order valence-electron chi connectivity index (χ2n) is 5.05. The van der Waals surface area contributed by atoms with Crippen molar-refractivity contribution in [3.8, 4) is 0 Å². The molecule has 6 nitrogen and oxygen atoms in total. The number of halogens is 1. The molecule has 0 unspecified atom stereocenters. The Morgan fingerprint density at radius 1 is 1.48 bits per heavy atom. The van der Waals surface area contributed by atoms with E-state index in [1.807, 2.05) is 0 Å². The fraction of sp³-hybridized carbons (Fsp3) is 0.538. The van der Waals surface area contributed by atoms with Crippen LogP contribution in [0, 0.1) is 0 Å². The zero-order valence-corrected chi connectivity index (χ0v) is 15.1. The SMILES string of the molecule is CS(=O)(=O)c1cccnc1CN=C(N)NC1CCCC1.I. The molecule has 0 radical (unpaired) electrons. The lowest BCUT2D eigenvalue weighted by molar-refractivity contribution is 0.599. The van der Waals surface area contributed by atoms with Crippen molar-refractivity contribution < 1.29 is 8.42 Å². The smallest absolute Gasteiger partial charge is 0.189 e. The van der Waals surface area contributed by atoms with Crippen LogP contribution in [0.5, 0.6) is 0 Å². The number of sulfone groups is 1. The van der Waals surface area contributed by atoms with Crippen LogP contribution in [0.1, 0.15) is 31.4 Å². The molecule has 1 aromatic heterocycles. The molecule has 118 valence electrons. The van der Waals surface area contributed by atoms with Crippen LogP contribution in [0.2, 0.25) is 0 Å². The van der Waals surface area contributed by atoms with Crippen LogP contribution >= 0.6 is 24.0 Å². The molecule has 1 fully saturated rings. The predicted octanol–water partition coefficient (Wildman–Crippen LogP) is 1.45. The first-order valence-electron chi connectivity index (χ1n) is 6.67. The van der Waals surface area contributed by atoms with Gasteiger partial charge in [-0.3, -0.25) is 4.98 Å². The highest BCUT2D eigenvalue weighted by molar-refractivity contribution is 14.0. The van der Waals surface area contributed by atoms with Crippen LogP contribution in [-0.2, 0) is 16.4 Å². The van der Waals surface area contributed by atoms with Gasteiger partial charge in [-0.25, -0.2) is 13.4 Å². The Labute approximate surface area is 142 Å². The number of rotatable bonds is 4. The molecule has 0 spiro atoms. The van der Waals surface area contributed by atoms with Gasteiger partial charge in [0.05, 0.1) is 17.1 Å². The van der Waals surface area contributed by atoms with Crippen LogP contribution in [0.15, 0.2) is 28.2 Å². The highest BCUT2D eigenvalue weighted by Crippen LogP contribution is 2.17. The van der Waals surface area contributed by atoms with Gasteiger partial charge in [-0.1, -0.05) is 12.8 Å². The molecule has 8 heteroatoms. The molecule has 0 bridgehead atoms. The Balaban J connectivity index is 0.00000220. The van der Waals surface area contributed by atoms with E-state index < -0.39 is 9.84 Å². The van der Waals surface area contributed by atoms with E-state index in [0.717, 1.165) is 19.1 Å². The number of nitrogens with two attached hydrogens (primary N) is 1.